The molecule has 0 amide bonds. The third-order valence-corrected chi connectivity index (χ3v) is 4.46. The van der Waals surface area contributed by atoms with Crippen molar-refractivity contribution in [3.05, 3.63) is 12.7 Å². The van der Waals surface area contributed by atoms with Crippen LogP contribution in [-0.2, 0) is 42.9 Å². The van der Waals surface area contributed by atoms with E-state index in [1.54, 1.807) is 6.08 Å². The molecule has 0 aromatic rings. The van der Waals surface area contributed by atoms with Gasteiger partial charge >= 0.3 is 23.9 Å². The molecule has 1 aliphatic rings. The number of carbonyl (C=O) groups is 4. The minimum absolute atomic E-state index is 0.233. The Balaban J connectivity index is 3.24. The summed E-state index contributed by atoms with van der Waals surface area (Å²) in [5, 5.41) is 0. The average Bonchev–Trinajstić information content (AvgIpc) is 2.54. The molecule has 152 valence electrons. The van der Waals surface area contributed by atoms with Crippen LogP contribution < -0.4 is 0 Å². The van der Waals surface area contributed by atoms with Crippen molar-refractivity contribution in [3.8, 4) is 0 Å². The van der Waals surface area contributed by atoms with E-state index < -0.39 is 53.7 Å². The fourth-order valence-corrected chi connectivity index (χ4v) is 3.43. The van der Waals surface area contributed by atoms with E-state index in [4.69, 9.17) is 23.7 Å². The summed E-state index contributed by atoms with van der Waals surface area (Å²) in [6.07, 6.45) is -2.59. The Morgan fingerprint density at radius 3 is 1.89 bits per heavy atom. The number of ether oxygens (including phenoxy) is 5. The van der Waals surface area contributed by atoms with Gasteiger partial charge in [-0.05, 0) is 0 Å². The van der Waals surface area contributed by atoms with Crippen molar-refractivity contribution < 1.29 is 42.9 Å². The Bertz CT molecular complexity index is 577. The van der Waals surface area contributed by atoms with Crippen LogP contribution in [0.1, 0.15) is 27.7 Å². The maximum atomic E-state index is 11.6. The lowest BCUT2D eigenvalue weighted by Crippen LogP contribution is -2.61. The van der Waals surface area contributed by atoms with Crippen molar-refractivity contribution in [3.63, 3.8) is 0 Å². The molecule has 0 aromatic heterocycles. The van der Waals surface area contributed by atoms with Gasteiger partial charge in [0.1, 0.15) is 18.1 Å². The first kappa shape index (κ1) is 23.0. The van der Waals surface area contributed by atoms with Gasteiger partial charge in [-0.3, -0.25) is 19.2 Å². The number of hydrogen-bond donors (Lipinski definition) is 0. The lowest BCUT2D eigenvalue weighted by atomic mass is 9.99. The first-order valence-corrected chi connectivity index (χ1v) is 9.23. The third-order valence-electron chi connectivity index (χ3n) is 3.33. The molecule has 0 bridgehead atoms. The lowest BCUT2D eigenvalue weighted by molar-refractivity contribution is -0.237. The Hall–Kier alpha value is -2.07. The first-order valence-electron chi connectivity index (χ1n) is 8.18. The molecule has 1 aliphatic heterocycles. The van der Waals surface area contributed by atoms with Gasteiger partial charge in [-0.1, -0.05) is 6.08 Å². The highest BCUT2D eigenvalue weighted by atomic mass is 32.2. The summed E-state index contributed by atoms with van der Waals surface area (Å²) < 4.78 is 26.7. The summed E-state index contributed by atoms with van der Waals surface area (Å²) in [6, 6.07) is 0. The monoisotopic (exact) mass is 404 g/mol. The highest BCUT2D eigenvalue weighted by Crippen LogP contribution is 2.34. The van der Waals surface area contributed by atoms with Crippen LogP contribution in [0, 0.1) is 0 Å². The third kappa shape index (κ3) is 7.59. The van der Waals surface area contributed by atoms with Crippen LogP contribution in [0.15, 0.2) is 12.7 Å². The van der Waals surface area contributed by atoms with Gasteiger partial charge in [0.05, 0.1) is 0 Å². The molecule has 9 nitrogen and oxygen atoms in total. The highest BCUT2D eigenvalue weighted by Gasteiger charge is 2.52. The van der Waals surface area contributed by atoms with Crippen LogP contribution in [-0.4, -0.2) is 66.1 Å². The van der Waals surface area contributed by atoms with Crippen molar-refractivity contribution in [1.29, 1.82) is 0 Å². The topological polar surface area (TPSA) is 114 Å². The van der Waals surface area contributed by atoms with Crippen LogP contribution in [0.2, 0.25) is 0 Å². The second-order valence-electron chi connectivity index (χ2n) is 5.69. The van der Waals surface area contributed by atoms with E-state index in [-0.39, 0.29) is 6.61 Å². The second kappa shape index (κ2) is 10.9. The Morgan fingerprint density at radius 1 is 0.889 bits per heavy atom. The zero-order valence-electron chi connectivity index (χ0n) is 15.7. The molecule has 0 radical (unpaired) electrons. The van der Waals surface area contributed by atoms with E-state index in [9.17, 15) is 19.2 Å². The minimum Gasteiger partial charge on any atom is -0.463 e. The van der Waals surface area contributed by atoms with Gasteiger partial charge in [0.2, 0.25) is 0 Å². The van der Waals surface area contributed by atoms with Crippen LogP contribution in [0.5, 0.6) is 0 Å². The van der Waals surface area contributed by atoms with Crippen LogP contribution in [0.25, 0.3) is 0 Å². The standard InChI is InChI=1S/C17H24O9S/c1-6-7-27-17-16(25-12(5)21)15(24-11(4)20)14(23-10(3)19)13(26-17)8-22-9(2)18/h6,13-17H,1,7-8H2,2-5H3/t13-,14-,15+,16+,17-/m1/s1. The molecule has 1 fully saturated rings. The smallest absolute Gasteiger partial charge is 0.303 e. The van der Waals surface area contributed by atoms with Crippen molar-refractivity contribution in [2.24, 2.45) is 0 Å². The van der Waals surface area contributed by atoms with Gasteiger partial charge in [0.15, 0.2) is 18.3 Å². The van der Waals surface area contributed by atoms with E-state index >= 15 is 0 Å². The molecule has 1 heterocycles. The predicted octanol–water partition coefficient (Wildman–Crippen LogP) is 0.989. The number of carbonyl (C=O) groups excluding carboxylic acids is 4. The lowest BCUT2D eigenvalue weighted by Gasteiger charge is -2.44. The fourth-order valence-electron chi connectivity index (χ4n) is 2.49. The molecule has 0 unspecified atom stereocenters. The maximum Gasteiger partial charge on any atom is 0.303 e. The van der Waals surface area contributed by atoms with Crippen molar-refractivity contribution in [2.75, 3.05) is 12.4 Å². The van der Waals surface area contributed by atoms with Gasteiger partial charge in [-0.25, -0.2) is 0 Å². The summed E-state index contributed by atoms with van der Waals surface area (Å²) in [5.74, 6) is -2.04. The highest BCUT2D eigenvalue weighted by molar-refractivity contribution is 7.99. The molecule has 27 heavy (non-hydrogen) atoms. The zero-order valence-corrected chi connectivity index (χ0v) is 16.5. The normalized spacial score (nSPS) is 27.2. The molecular weight excluding hydrogens is 380 g/mol. The van der Waals surface area contributed by atoms with Gasteiger partial charge in [0.25, 0.3) is 0 Å². The SMILES string of the molecule is C=CCS[C@H]1O[C@H](COC(C)=O)[C@@H](OC(C)=O)[C@H](OC(C)=O)[C@@H]1OC(C)=O. The molecule has 0 aliphatic carbocycles. The molecule has 0 spiro atoms. The van der Waals surface area contributed by atoms with Crippen molar-refractivity contribution >= 4 is 35.6 Å². The fraction of sp³-hybridized carbons (Fsp3) is 0.647. The molecule has 1 rings (SSSR count). The van der Waals surface area contributed by atoms with Gasteiger partial charge in [-0.2, -0.15) is 0 Å². The molecule has 0 saturated carbocycles. The molecule has 0 N–H and O–H groups in total. The van der Waals surface area contributed by atoms with Crippen LogP contribution in [0.4, 0.5) is 0 Å². The largest absolute Gasteiger partial charge is 0.463 e. The van der Waals surface area contributed by atoms with E-state index in [0.29, 0.717) is 5.75 Å². The summed E-state index contributed by atoms with van der Waals surface area (Å²) in [7, 11) is 0. The first-order chi connectivity index (χ1) is 12.6. The Morgan fingerprint density at radius 2 is 1.41 bits per heavy atom. The Labute approximate surface area is 161 Å². The predicted molar refractivity (Wildman–Crippen MR) is 94.6 cm³/mol. The molecule has 0 aromatic carbocycles. The molecule has 5 atom stereocenters. The van der Waals surface area contributed by atoms with Crippen LogP contribution in [0.3, 0.4) is 0 Å². The zero-order chi connectivity index (χ0) is 20.6. The van der Waals surface area contributed by atoms with E-state index in [1.807, 2.05) is 0 Å². The summed E-state index contributed by atoms with van der Waals surface area (Å²) >= 11 is 1.25. The second-order valence-corrected chi connectivity index (χ2v) is 6.82. The molecule has 1 saturated heterocycles. The van der Waals surface area contributed by atoms with E-state index in [1.165, 1.54) is 39.5 Å². The number of hydrogen-bond acceptors (Lipinski definition) is 10. The number of rotatable bonds is 8. The number of esters is 4. The molecule has 10 heteroatoms. The summed E-state index contributed by atoms with van der Waals surface area (Å²) in [6.45, 7) is 8.16. The average molecular weight is 404 g/mol. The summed E-state index contributed by atoms with van der Waals surface area (Å²) in [5.41, 5.74) is -0.761. The quantitative estimate of drug-likeness (QED) is 0.329. The van der Waals surface area contributed by atoms with Crippen molar-refractivity contribution in [1.82, 2.24) is 0 Å². The van der Waals surface area contributed by atoms with Gasteiger partial charge in [0, 0.05) is 33.4 Å². The maximum absolute atomic E-state index is 11.6. The van der Waals surface area contributed by atoms with Crippen molar-refractivity contribution in [2.45, 2.75) is 57.5 Å². The van der Waals surface area contributed by atoms with Gasteiger partial charge < -0.3 is 23.7 Å². The Kier molecular flexibility index (Phi) is 9.30. The number of thioether (sulfide) groups is 1. The van der Waals surface area contributed by atoms with Gasteiger partial charge in [-0.15, -0.1) is 18.3 Å². The van der Waals surface area contributed by atoms with Crippen LogP contribution >= 0.6 is 11.8 Å². The molecular formula is C17H24O9S. The summed E-state index contributed by atoms with van der Waals surface area (Å²) in [4.78, 5) is 45.9. The minimum atomic E-state index is -1.13. The van der Waals surface area contributed by atoms with E-state index in [0.717, 1.165) is 0 Å². The van der Waals surface area contributed by atoms with E-state index in [2.05, 4.69) is 6.58 Å².